The summed E-state index contributed by atoms with van der Waals surface area (Å²) in [4.78, 5) is 17.2. The van der Waals surface area contributed by atoms with E-state index in [1.165, 1.54) is 18.3 Å². The molecule has 10 heteroatoms. The summed E-state index contributed by atoms with van der Waals surface area (Å²) in [6.45, 7) is 3.57. The molecule has 3 aromatic rings. The third kappa shape index (κ3) is 3.48. The Kier molecular flexibility index (Phi) is 4.61. The van der Waals surface area contributed by atoms with E-state index < -0.39 is 17.7 Å². The maximum Gasteiger partial charge on any atom is 0.573 e. The van der Waals surface area contributed by atoms with Crippen LogP contribution in [-0.4, -0.2) is 21.0 Å². The Hall–Kier alpha value is -2.99. The quantitative estimate of drug-likeness (QED) is 0.717. The summed E-state index contributed by atoms with van der Waals surface area (Å²) in [6, 6.07) is 5.55. The minimum absolute atomic E-state index is 0.119. The van der Waals surface area contributed by atoms with Gasteiger partial charge in [0.2, 0.25) is 0 Å². The Morgan fingerprint density at radius 2 is 2.07 bits per heavy atom. The Balaban J connectivity index is 2.24. The van der Waals surface area contributed by atoms with E-state index in [1.54, 1.807) is 13.8 Å². The number of halogens is 4. The number of aromatic nitrogens is 3. The van der Waals surface area contributed by atoms with E-state index in [-0.39, 0.29) is 27.8 Å². The molecule has 0 saturated carbocycles. The van der Waals surface area contributed by atoms with Gasteiger partial charge in [-0.05, 0) is 24.1 Å². The highest BCUT2D eigenvalue weighted by atomic mass is 35.5. The maximum absolute atomic E-state index is 12.8. The Morgan fingerprint density at radius 3 is 2.63 bits per heavy atom. The number of fused-ring (bicyclic) bond motifs is 1. The standard InChI is InChI=1S/C17H12ClF3N4O2/c1-8(2)13-14(24-15-10(6-22)7-23-25(15)16(13)26)9-3-4-12(11(18)5-9)27-17(19,20)21/h3-5,7-8,23H,1-2H3. The van der Waals surface area contributed by atoms with E-state index in [0.717, 1.165) is 10.6 Å². The molecule has 0 spiro atoms. The number of nitrogens with zero attached hydrogens (tertiary/aromatic N) is 3. The molecule has 1 aromatic carbocycles. The van der Waals surface area contributed by atoms with Gasteiger partial charge in [-0.2, -0.15) is 5.26 Å². The van der Waals surface area contributed by atoms with Crippen LogP contribution in [0.15, 0.2) is 29.2 Å². The second-order valence-electron chi connectivity index (χ2n) is 5.98. The lowest BCUT2D eigenvalue weighted by Crippen LogP contribution is -2.22. The van der Waals surface area contributed by atoms with Gasteiger partial charge in [-0.3, -0.25) is 9.89 Å². The van der Waals surface area contributed by atoms with Crippen molar-refractivity contribution in [2.75, 3.05) is 0 Å². The van der Waals surface area contributed by atoms with Crippen LogP contribution in [0.25, 0.3) is 16.9 Å². The summed E-state index contributed by atoms with van der Waals surface area (Å²) in [5.74, 6) is -0.799. The molecular formula is C17H12ClF3N4O2. The average Bonchev–Trinajstić information content (AvgIpc) is 2.98. The van der Waals surface area contributed by atoms with Crippen LogP contribution in [0.2, 0.25) is 5.02 Å². The van der Waals surface area contributed by atoms with Crippen LogP contribution in [0, 0.1) is 11.3 Å². The van der Waals surface area contributed by atoms with Crippen LogP contribution in [-0.2, 0) is 0 Å². The largest absolute Gasteiger partial charge is 0.573 e. The van der Waals surface area contributed by atoms with E-state index in [9.17, 15) is 23.2 Å². The third-order valence-corrected chi connectivity index (χ3v) is 4.12. The maximum atomic E-state index is 12.8. The van der Waals surface area contributed by atoms with Gasteiger partial charge in [0.1, 0.15) is 17.4 Å². The van der Waals surface area contributed by atoms with Crippen molar-refractivity contribution >= 4 is 17.2 Å². The van der Waals surface area contributed by atoms with Crippen molar-refractivity contribution in [3.05, 3.63) is 50.9 Å². The number of alkyl halides is 3. The predicted octanol–water partition coefficient (Wildman–Crippen LogP) is 4.24. The van der Waals surface area contributed by atoms with Gasteiger partial charge in [-0.1, -0.05) is 25.4 Å². The van der Waals surface area contributed by atoms with Gasteiger partial charge in [-0.25, -0.2) is 9.50 Å². The first-order chi connectivity index (χ1) is 12.6. The molecule has 2 heterocycles. The normalized spacial score (nSPS) is 11.8. The molecule has 27 heavy (non-hydrogen) atoms. The number of nitriles is 1. The first-order valence-corrected chi connectivity index (χ1v) is 8.10. The van der Waals surface area contributed by atoms with Crippen LogP contribution in [0.5, 0.6) is 5.75 Å². The summed E-state index contributed by atoms with van der Waals surface area (Å²) in [5, 5.41) is 11.6. The number of aromatic amines is 1. The molecule has 0 amide bonds. The number of rotatable bonds is 3. The number of benzene rings is 1. The van der Waals surface area contributed by atoms with Gasteiger partial charge in [0.25, 0.3) is 5.56 Å². The Morgan fingerprint density at radius 1 is 1.37 bits per heavy atom. The van der Waals surface area contributed by atoms with Crippen molar-refractivity contribution in [2.45, 2.75) is 26.1 Å². The molecular weight excluding hydrogens is 385 g/mol. The van der Waals surface area contributed by atoms with Crippen molar-refractivity contribution in [2.24, 2.45) is 0 Å². The SMILES string of the molecule is CC(C)c1c(-c2ccc(OC(F)(F)F)c(Cl)c2)nc2c(C#N)c[nH]n2c1=O. The number of hydrogen-bond donors (Lipinski definition) is 1. The fourth-order valence-electron chi connectivity index (χ4n) is 2.71. The lowest BCUT2D eigenvalue weighted by atomic mass is 9.98. The van der Waals surface area contributed by atoms with Gasteiger partial charge < -0.3 is 4.74 Å². The number of ether oxygens (including phenoxy) is 1. The molecule has 6 nitrogen and oxygen atoms in total. The van der Waals surface area contributed by atoms with E-state index in [0.29, 0.717) is 11.1 Å². The average molecular weight is 397 g/mol. The Labute approximate surface area is 155 Å². The van der Waals surface area contributed by atoms with E-state index >= 15 is 0 Å². The van der Waals surface area contributed by atoms with Gasteiger partial charge in [0, 0.05) is 17.3 Å². The van der Waals surface area contributed by atoms with Crippen molar-refractivity contribution in [1.82, 2.24) is 14.6 Å². The molecule has 0 saturated heterocycles. The van der Waals surface area contributed by atoms with Crippen LogP contribution >= 0.6 is 11.6 Å². The summed E-state index contributed by atoms with van der Waals surface area (Å²) in [6.07, 6.45) is -3.53. The number of H-pyrrole nitrogens is 1. The minimum atomic E-state index is -4.88. The molecule has 0 aliphatic rings. The van der Waals surface area contributed by atoms with Gasteiger partial charge in [0.15, 0.2) is 5.65 Å². The van der Waals surface area contributed by atoms with Gasteiger partial charge in [0.05, 0.1) is 10.7 Å². The highest BCUT2D eigenvalue weighted by molar-refractivity contribution is 6.32. The molecule has 0 radical (unpaired) electrons. The summed E-state index contributed by atoms with van der Waals surface area (Å²) in [7, 11) is 0. The molecule has 1 N–H and O–H groups in total. The van der Waals surface area contributed by atoms with Crippen LogP contribution in [0.1, 0.15) is 30.9 Å². The smallest absolute Gasteiger partial charge is 0.404 e. The highest BCUT2D eigenvalue weighted by Crippen LogP contribution is 2.35. The third-order valence-electron chi connectivity index (χ3n) is 3.83. The van der Waals surface area contributed by atoms with E-state index in [2.05, 4.69) is 14.8 Å². The van der Waals surface area contributed by atoms with Crippen molar-refractivity contribution in [3.63, 3.8) is 0 Å². The molecule has 0 unspecified atom stereocenters. The van der Waals surface area contributed by atoms with Crippen molar-refractivity contribution < 1.29 is 17.9 Å². The summed E-state index contributed by atoms with van der Waals surface area (Å²) >= 11 is 5.92. The van der Waals surface area contributed by atoms with Crippen molar-refractivity contribution in [1.29, 1.82) is 5.26 Å². The zero-order chi connectivity index (χ0) is 19.9. The summed E-state index contributed by atoms with van der Waals surface area (Å²) < 4.78 is 42.3. The number of hydrogen-bond acceptors (Lipinski definition) is 4. The molecule has 140 valence electrons. The molecule has 0 atom stereocenters. The zero-order valence-corrected chi connectivity index (χ0v) is 14.8. The lowest BCUT2D eigenvalue weighted by molar-refractivity contribution is -0.274. The van der Waals surface area contributed by atoms with Gasteiger partial charge >= 0.3 is 6.36 Å². The topological polar surface area (TPSA) is 83.2 Å². The van der Waals surface area contributed by atoms with Crippen LogP contribution in [0.3, 0.4) is 0 Å². The monoisotopic (exact) mass is 396 g/mol. The van der Waals surface area contributed by atoms with Gasteiger partial charge in [-0.15, -0.1) is 13.2 Å². The molecule has 2 aromatic heterocycles. The molecule has 0 fully saturated rings. The van der Waals surface area contributed by atoms with Crippen LogP contribution in [0.4, 0.5) is 13.2 Å². The second-order valence-corrected chi connectivity index (χ2v) is 6.39. The lowest BCUT2D eigenvalue weighted by Gasteiger charge is -2.14. The summed E-state index contributed by atoms with van der Waals surface area (Å²) in [5.41, 5.74) is 0.785. The first-order valence-electron chi connectivity index (χ1n) is 7.72. The molecule has 3 rings (SSSR count). The fraction of sp³-hybridized carbons (Fsp3) is 0.235. The number of nitrogens with one attached hydrogen (secondary N) is 1. The molecule has 0 bridgehead atoms. The second kappa shape index (κ2) is 6.63. The molecule has 0 aliphatic carbocycles. The molecule has 0 aliphatic heterocycles. The first kappa shape index (κ1) is 18.8. The fourth-order valence-corrected chi connectivity index (χ4v) is 2.93. The minimum Gasteiger partial charge on any atom is -0.404 e. The zero-order valence-electron chi connectivity index (χ0n) is 14.1. The van der Waals surface area contributed by atoms with Crippen LogP contribution < -0.4 is 10.3 Å². The Bertz CT molecular complexity index is 1130. The predicted molar refractivity (Wildman–Crippen MR) is 91.7 cm³/mol. The van der Waals surface area contributed by atoms with E-state index in [1.807, 2.05) is 6.07 Å². The highest BCUT2D eigenvalue weighted by Gasteiger charge is 2.32. The van der Waals surface area contributed by atoms with E-state index in [4.69, 9.17) is 11.6 Å². The van der Waals surface area contributed by atoms with Crippen molar-refractivity contribution in [3.8, 4) is 23.1 Å².